The van der Waals surface area contributed by atoms with Crippen molar-refractivity contribution in [2.24, 2.45) is 5.10 Å². The largest absolute Gasteiger partial charge is 0.497 e. The molecule has 1 N–H and O–H groups in total. The first-order valence-corrected chi connectivity index (χ1v) is 9.48. The highest BCUT2D eigenvalue weighted by Gasteiger charge is 2.07. The maximum Gasteiger partial charge on any atom is 0.157 e. The second kappa shape index (κ2) is 7.67. The predicted octanol–water partition coefficient (Wildman–Crippen LogP) is 4.98. The van der Waals surface area contributed by atoms with E-state index in [4.69, 9.17) is 9.15 Å². The quantitative estimate of drug-likeness (QED) is 0.435. The molecule has 0 aliphatic carbocycles. The van der Waals surface area contributed by atoms with E-state index in [0.29, 0.717) is 11.6 Å². The summed E-state index contributed by atoms with van der Waals surface area (Å²) in [6.45, 7) is 0. The van der Waals surface area contributed by atoms with Gasteiger partial charge in [0.25, 0.3) is 0 Å². The van der Waals surface area contributed by atoms with Gasteiger partial charge in [-0.2, -0.15) is 5.10 Å². The predicted molar refractivity (Wildman–Crippen MR) is 117 cm³/mol. The van der Waals surface area contributed by atoms with Crippen LogP contribution in [0.4, 0.5) is 5.82 Å². The molecule has 0 bridgehead atoms. The molecule has 0 atom stereocenters. The minimum absolute atomic E-state index is 0.650. The maximum absolute atomic E-state index is 6.13. The van der Waals surface area contributed by atoms with E-state index in [1.54, 1.807) is 7.11 Å². The fourth-order valence-electron chi connectivity index (χ4n) is 3.31. The molecule has 0 radical (unpaired) electrons. The number of methoxy groups -OCH3 is 1. The van der Waals surface area contributed by atoms with E-state index in [2.05, 4.69) is 20.5 Å². The number of hydrogen-bond acceptors (Lipinski definition) is 6. The number of hydrogen-bond donors (Lipinski definition) is 1. The molecule has 0 aliphatic heterocycles. The number of para-hydroxylation sites is 2. The fraction of sp³-hybridized carbons (Fsp3) is 0.0417. The highest BCUT2D eigenvalue weighted by atomic mass is 16.5. The molecule has 6 heteroatoms. The first-order valence-electron chi connectivity index (χ1n) is 9.48. The molecule has 0 saturated heterocycles. The van der Waals surface area contributed by atoms with Crippen molar-refractivity contribution in [3.8, 4) is 17.1 Å². The SMILES string of the molecule is COc1ccc(-c2c/c(=N\Nc3ncnc4ccccc34)c3ccccc3o2)cc1. The Hall–Kier alpha value is -4.19. The molecule has 3 aromatic carbocycles. The normalized spacial score (nSPS) is 11.7. The number of aromatic nitrogens is 2. The van der Waals surface area contributed by atoms with Gasteiger partial charge in [-0.1, -0.05) is 24.3 Å². The van der Waals surface area contributed by atoms with Gasteiger partial charge in [-0.15, -0.1) is 0 Å². The van der Waals surface area contributed by atoms with Gasteiger partial charge < -0.3 is 9.15 Å². The first kappa shape index (κ1) is 17.9. The van der Waals surface area contributed by atoms with Gasteiger partial charge in [0.1, 0.15) is 23.4 Å². The van der Waals surface area contributed by atoms with Crippen molar-refractivity contribution < 1.29 is 9.15 Å². The average Bonchev–Trinajstić information content (AvgIpc) is 2.82. The van der Waals surface area contributed by atoms with Gasteiger partial charge in [0.05, 0.1) is 18.0 Å². The summed E-state index contributed by atoms with van der Waals surface area (Å²) >= 11 is 0. The summed E-state index contributed by atoms with van der Waals surface area (Å²) in [7, 11) is 1.65. The molecule has 5 rings (SSSR count). The lowest BCUT2D eigenvalue weighted by Crippen LogP contribution is -2.08. The smallest absolute Gasteiger partial charge is 0.157 e. The van der Waals surface area contributed by atoms with Gasteiger partial charge in [0.2, 0.25) is 0 Å². The zero-order valence-electron chi connectivity index (χ0n) is 16.2. The number of rotatable bonds is 4. The lowest BCUT2D eigenvalue weighted by molar-refractivity contribution is 0.415. The van der Waals surface area contributed by atoms with Gasteiger partial charge in [0.15, 0.2) is 5.82 Å². The first-order chi connectivity index (χ1) is 14.8. The van der Waals surface area contributed by atoms with Crippen molar-refractivity contribution in [1.29, 1.82) is 0 Å². The molecule has 2 aromatic heterocycles. The van der Waals surface area contributed by atoms with Crippen LogP contribution in [0.5, 0.6) is 5.75 Å². The monoisotopic (exact) mass is 394 g/mol. The highest BCUT2D eigenvalue weighted by Crippen LogP contribution is 2.24. The maximum atomic E-state index is 6.13. The summed E-state index contributed by atoms with van der Waals surface area (Å²) in [5, 5.41) is 7.21. The molecule has 0 spiro atoms. The summed E-state index contributed by atoms with van der Waals surface area (Å²) in [6, 6.07) is 25.3. The lowest BCUT2D eigenvalue weighted by Gasteiger charge is -2.07. The minimum Gasteiger partial charge on any atom is -0.497 e. The minimum atomic E-state index is 0.650. The molecular weight excluding hydrogens is 376 g/mol. The molecule has 0 amide bonds. The van der Waals surface area contributed by atoms with Crippen LogP contribution in [-0.4, -0.2) is 17.1 Å². The van der Waals surface area contributed by atoms with E-state index in [9.17, 15) is 0 Å². The van der Waals surface area contributed by atoms with Crippen LogP contribution < -0.4 is 15.5 Å². The van der Waals surface area contributed by atoms with Crippen molar-refractivity contribution in [2.75, 3.05) is 12.5 Å². The Morgan fingerprint density at radius 3 is 2.47 bits per heavy atom. The second-order valence-corrected chi connectivity index (χ2v) is 6.68. The summed E-state index contributed by atoms with van der Waals surface area (Å²) in [6.07, 6.45) is 1.53. The van der Waals surface area contributed by atoms with Gasteiger partial charge in [0, 0.05) is 22.4 Å². The third kappa shape index (κ3) is 3.35. The molecule has 146 valence electrons. The van der Waals surface area contributed by atoms with Gasteiger partial charge in [-0.25, -0.2) is 9.97 Å². The van der Waals surface area contributed by atoms with Crippen LogP contribution >= 0.6 is 0 Å². The third-order valence-electron chi connectivity index (χ3n) is 4.85. The Kier molecular flexibility index (Phi) is 4.57. The topological polar surface area (TPSA) is 72.5 Å². The van der Waals surface area contributed by atoms with E-state index >= 15 is 0 Å². The highest BCUT2D eigenvalue weighted by molar-refractivity contribution is 5.88. The Bertz CT molecular complexity index is 1400. The summed E-state index contributed by atoms with van der Waals surface area (Å²) in [4.78, 5) is 8.65. The summed E-state index contributed by atoms with van der Waals surface area (Å²) < 4.78 is 11.4. The second-order valence-electron chi connectivity index (χ2n) is 6.68. The van der Waals surface area contributed by atoms with Gasteiger partial charge in [-0.05, 0) is 48.5 Å². The summed E-state index contributed by atoms with van der Waals surface area (Å²) in [5.41, 5.74) is 5.65. The zero-order chi connectivity index (χ0) is 20.3. The van der Waals surface area contributed by atoms with Crippen molar-refractivity contribution in [3.63, 3.8) is 0 Å². The van der Waals surface area contributed by atoms with Gasteiger partial charge in [-0.3, -0.25) is 5.43 Å². The van der Waals surface area contributed by atoms with Crippen molar-refractivity contribution >= 4 is 27.7 Å². The van der Waals surface area contributed by atoms with Crippen LogP contribution in [0.1, 0.15) is 0 Å². The van der Waals surface area contributed by atoms with Crippen LogP contribution in [0.15, 0.2) is 94.7 Å². The standard InChI is InChI=1S/C24H18N4O2/c1-29-17-12-10-16(11-13-17)23-14-21(18-6-3-5-9-22(18)30-23)27-28-24-19-7-2-4-8-20(19)25-15-26-24/h2-15H,1H3,(H,25,26,28)/b27-21+. The van der Waals surface area contributed by atoms with E-state index in [1.165, 1.54) is 6.33 Å². The number of benzene rings is 3. The van der Waals surface area contributed by atoms with Crippen LogP contribution in [-0.2, 0) is 0 Å². The van der Waals surface area contributed by atoms with Crippen molar-refractivity contribution in [2.45, 2.75) is 0 Å². The summed E-state index contributed by atoms with van der Waals surface area (Å²) in [5.74, 6) is 2.16. The molecule has 0 aliphatic rings. The molecular formula is C24H18N4O2. The number of nitrogens with one attached hydrogen (secondary N) is 1. The number of ether oxygens (including phenoxy) is 1. The molecule has 0 fully saturated rings. The molecule has 6 nitrogen and oxygen atoms in total. The van der Waals surface area contributed by atoms with Crippen molar-refractivity contribution in [1.82, 2.24) is 9.97 Å². The third-order valence-corrected chi connectivity index (χ3v) is 4.85. The van der Waals surface area contributed by atoms with Crippen LogP contribution in [0.25, 0.3) is 33.2 Å². The Morgan fingerprint density at radius 2 is 1.63 bits per heavy atom. The molecule has 0 saturated carbocycles. The Balaban J connectivity index is 1.63. The molecule has 0 unspecified atom stereocenters. The Labute approximate surface area is 172 Å². The van der Waals surface area contributed by atoms with E-state index in [-0.39, 0.29) is 0 Å². The van der Waals surface area contributed by atoms with E-state index in [1.807, 2.05) is 78.9 Å². The van der Waals surface area contributed by atoms with E-state index in [0.717, 1.165) is 38.5 Å². The number of fused-ring (bicyclic) bond motifs is 2. The number of anilines is 1. The number of nitrogens with zero attached hydrogens (tertiary/aromatic N) is 3. The van der Waals surface area contributed by atoms with Crippen LogP contribution in [0.2, 0.25) is 0 Å². The molecule has 5 aromatic rings. The Morgan fingerprint density at radius 1 is 0.867 bits per heavy atom. The van der Waals surface area contributed by atoms with Crippen LogP contribution in [0, 0.1) is 0 Å². The molecule has 2 heterocycles. The van der Waals surface area contributed by atoms with E-state index < -0.39 is 0 Å². The molecule has 30 heavy (non-hydrogen) atoms. The zero-order valence-corrected chi connectivity index (χ0v) is 16.2. The van der Waals surface area contributed by atoms with Crippen LogP contribution in [0.3, 0.4) is 0 Å². The fourth-order valence-corrected chi connectivity index (χ4v) is 3.31. The lowest BCUT2D eigenvalue weighted by atomic mass is 10.1. The van der Waals surface area contributed by atoms with Crippen molar-refractivity contribution in [3.05, 3.63) is 90.5 Å². The van der Waals surface area contributed by atoms with Gasteiger partial charge >= 0.3 is 0 Å². The average molecular weight is 394 g/mol.